The van der Waals surface area contributed by atoms with Gasteiger partial charge < -0.3 is 19.9 Å². The number of fused-ring (bicyclic) bond motifs is 1. The highest BCUT2D eigenvalue weighted by molar-refractivity contribution is 5.99. The second-order valence-electron chi connectivity index (χ2n) is 5.94. The summed E-state index contributed by atoms with van der Waals surface area (Å²) in [6.45, 7) is 1.03. The van der Waals surface area contributed by atoms with Gasteiger partial charge >= 0.3 is 5.97 Å². The molecular weight excluding hydrogens is 344 g/mol. The van der Waals surface area contributed by atoms with E-state index in [4.69, 9.17) is 14.6 Å². The highest BCUT2D eigenvalue weighted by Gasteiger charge is 2.26. The zero-order chi connectivity index (χ0) is 18.9. The number of unbranched alkanes of at least 4 members (excludes halogenated alkanes) is 4. The van der Waals surface area contributed by atoms with Crippen molar-refractivity contribution in [3.05, 3.63) is 27.8 Å². The summed E-state index contributed by atoms with van der Waals surface area (Å²) < 4.78 is 10.7. The number of benzene rings is 1. The van der Waals surface area contributed by atoms with Crippen LogP contribution in [-0.2, 0) is 4.79 Å². The third-order valence-corrected chi connectivity index (χ3v) is 3.95. The number of carboxylic acid groups (broad SMARTS) is 1. The van der Waals surface area contributed by atoms with E-state index >= 15 is 0 Å². The maximum absolute atomic E-state index is 12.3. The van der Waals surface area contributed by atoms with Gasteiger partial charge in [-0.1, -0.05) is 19.3 Å². The van der Waals surface area contributed by atoms with E-state index in [1.165, 1.54) is 12.1 Å². The molecule has 142 valence electrons. The predicted molar refractivity (Wildman–Crippen MR) is 91.8 cm³/mol. The van der Waals surface area contributed by atoms with E-state index in [9.17, 15) is 19.7 Å². The van der Waals surface area contributed by atoms with Crippen molar-refractivity contribution in [3.63, 3.8) is 0 Å². The SMILES string of the molecule is O=C(O)CCCCCCCNC(=O)c1cc2c(cc1[N+](=O)[O-])OCCO2. The number of hydrogen-bond acceptors (Lipinski definition) is 6. The summed E-state index contributed by atoms with van der Waals surface area (Å²) in [5.41, 5.74) is -0.374. The second-order valence-corrected chi connectivity index (χ2v) is 5.94. The van der Waals surface area contributed by atoms with E-state index in [2.05, 4.69) is 5.32 Å². The fraction of sp³-hybridized carbons (Fsp3) is 0.529. The highest BCUT2D eigenvalue weighted by atomic mass is 16.6. The summed E-state index contributed by atoms with van der Waals surface area (Å²) in [6.07, 6.45) is 4.09. The Kier molecular flexibility index (Phi) is 7.19. The Balaban J connectivity index is 1.83. The van der Waals surface area contributed by atoms with Crippen molar-refractivity contribution in [2.45, 2.75) is 38.5 Å². The average Bonchev–Trinajstić information content (AvgIpc) is 2.62. The minimum atomic E-state index is -0.793. The number of nitro benzene ring substituents is 1. The number of aliphatic carboxylic acids is 1. The Labute approximate surface area is 150 Å². The third-order valence-electron chi connectivity index (χ3n) is 3.95. The molecule has 1 aromatic rings. The van der Waals surface area contributed by atoms with Crippen molar-refractivity contribution in [1.82, 2.24) is 5.32 Å². The van der Waals surface area contributed by atoms with Gasteiger partial charge in [-0.25, -0.2) is 0 Å². The lowest BCUT2D eigenvalue weighted by Crippen LogP contribution is -2.26. The summed E-state index contributed by atoms with van der Waals surface area (Å²) in [4.78, 5) is 33.3. The van der Waals surface area contributed by atoms with Crippen LogP contribution in [0.15, 0.2) is 12.1 Å². The number of amides is 1. The molecule has 2 rings (SSSR count). The largest absolute Gasteiger partial charge is 0.486 e. The molecule has 0 atom stereocenters. The first-order chi connectivity index (χ1) is 12.5. The number of rotatable bonds is 10. The van der Waals surface area contributed by atoms with Crippen molar-refractivity contribution in [1.29, 1.82) is 0 Å². The van der Waals surface area contributed by atoms with Gasteiger partial charge in [0.2, 0.25) is 0 Å². The van der Waals surface area contributed by atoms with Crippen LogP contribution in [0.2, 0.25) is 0 Å². The van der Waals surface area contributed by atoms with Crippen LogP contribution in [0, 0.1) is 10.1 Å². The second kappa shape index (κ2) is 9.59. The standard InChI is InChI=1S/C17H22N2O7/c20-16(21)6-4-2-1-3-5-7-18-17(22)12-10-14-15(26-9-8-25-14)11-13(12)19(23)24/h10-11H,1-9H2,(H,18,22)(H,20,21). The molecule has 0 saturated carbocycles. The number of nitro groups is 1. The van der Waals surface area contributed by atoms with E-state index < -0.39 is 16.8 Å². The van der Waals surface area contributed by atoms with E-state index in [0.717, 1.165) is 25.7 Å². The van der Waals surface area contributed by atoms with Crippen LogP contribution in [0.25, 0.3) is 0 Å². The van der Waals surface area contributed by atoms with E-state index in [-0.39, 0.29) is 23.4 Å². The molecule has 0 fully saturated rings. The lowest BCUT2D eigenvalue weighted by atomic mass is 10.1. The number of carboxylic acids is 1. The summed E-state index contributed by atoms with van der Waals surface area (Å²) in [7, 11) is 0. The molecule has 0 saturated heterocycles. The summed E-state index contributed by atoms with van der Waals surface area (Å²) in [5, 5.41) is 22.4. The molecule has 9 heteroatoms. The molecule has 0 unspecified atom stereocenters. The molecule has 1 aromatic carbocycles. The first-order valence-electron chi connectivity index (χ1n) is 8.57. The van der Waals surface area contributed by atoms with Gasteiger partial charge in [-0.3, -0.25) is 19.7 Å². The molecule has 0 aromatic heterocycles. The average molecular weight is 366 g/mol. The maximum Gasteiger partial charge on any atom is 0.303 e. The monoisotopic (exact) mass is 366 g/mol. The van der Waals surface area contributed by atoms with Crippen molar-refractivity contribution in [3.8, 4) is 11.5 Å². The number of carbonyl (C=O) groups excluding carboxylic acids is 1. The Morgan fingerprint density at radius 3 is 2.35 bits per heavy atom. The van der Waals surface area contributed by atoms with Crippen LogP contribution in [0.3, 0.4) is 0 Å². The van der Waals surface area contributed by atoms with Gasteiger partial charge in [0.25, 0.3) is 11.6 Å². The predicted octanol–water partition coefficient (Wildman–Crippen LogP) is 2.52. The molecule has 1 aliphatic heterocycles. The van der Waals surface area contributed by atoms with E-state index in [0.29, 0.717) is 31.9 Å². The lowest BCUT2D eigenvalue weighted by molar-refractivity contribution is -0.385. The van der Waals surface area contributed by atoms with Crippen LogP contribution in [-0.4, -0.2) is 41.7 Å². The van der Waals surface area contributed by atoms with Crippen molar-refractivity contribution >= 4 is 17.6 Å². The molecule has 0 bridgehead atoms. The summed E-state index contributed by atoms with van der Waals surface area (Å²) in [5.74, 6) is -0.732. The summed E-state index contributed by atoms with van der Waals surface area (Å²) >= 11 is 0. The Morgan fingerprint density at radius 2 is 1.69 bits per heavy atom. The molecule has 2 N–H and O–H groups in total. The van der Waals surface area contributed by atoms with E-state index in [1.807, 2.05) is 0 Å². The van der Waals surface area contributed by atoms with Gasteiger partial charge in [0.05, 0.1) is 11.0 Å². The van der Waals surface area contributed by atoms with E-state index in [1.54, 1.807) is 0 Å². The number of carbonyl (C=O) groups is 2. The quantitative estimate of drug-likeness (QED) is 0.370. The zero-order valence-electron chi connectivity index (χ0n) is 14.4. The Hall–Kier alpha value is -2.84. The minimum absolute atomic E-state index is 0.0549. The number of nitrogens with one attached hydrogen (secondary N) is 1. The van der Waals surface area contributed by atoms with Gasteiger partial charge in [-0.05, 0) is 12.8 Å². The lowest BCUT2D eigenvalue weighted by Gasteiger charge is -2.18. The third kappa shape index (κ3) is 5.61. The smallest absolute Gasteiger partial charge is 0.303 e. The number of hydrogen-bond donors (Lipinski definition) is 2. The van der Waals surface area contributed by atoms with Crippen LogP contribution >= 0.6 is 0 Å². The van der Waals surface area contributed by atoms with Gasteiger partial charge in [0.15, 0.2) is 11.5 Å². The number of ether oxygens (including phenoxy) is 2. The van der Waals surface area contributed by atoms with Crippen LogP contribution in [0.5, 0.6) is 11.5 Å². The van der Waals surface area contributed by atoms with Crippen LogP contribution in [0.1, 0.15) is 48.9 Å². The normalized spacial score (nSPS) is 12.5. The molecule has 1 heterocycles. The molecule has 0 spiro atoms. The molecule has 0 aliphatic carbocycles. The highest BCUT2D eigenvalue weighted by Crippen LogP contribution is 2.36. The molecule has 0 radical (unpaired) electrons. The van der Waals surface area contributed by atoms with Gasteiger partial charge in [0, 0.05) is 19.0 Å². The number of nitrogens with zero attached hydrogens (tertiary/aromatic N) is 1. The van der Waals surface area contributed by atoms with Gasteiger partial charge in [-0.2, -0.15) is 0 Å². The van der Waals surface area contributed by atoms with Crippen molar-refractivity contribution in [2.75, 3.05) is 19.8 Å². The topological polar surface area (TPSA) is 128 Å². The Bertz CT molecular complexity index is 675. The van der Waals surface area contributed by atoms with Gasteiger partial charge in [-0.15, -0.1) is 0 Å². The van der Waals surface area contributed by atoms with Gasteiger partial charge in [0.1, 0.15) is 18.8 Å². The minimum Gasteiger partial charge on any atom is -0.486 e. The first-order valence-corrected chi connectivity index (χ1v) is 8.57. The fourth-order valence-electron chi connectivity index (χ4n) is 2.64. The molecule has 1 amide bonds. The first kappa shape index (κ1) is 19.5. The molecule has 9 nitrogen and oxygen atoms in total. The molecule has 1 aliphatic rings. The zero-order valence-corrected chi connectivity index (χ0v) is 14.4. The van der Waals surface area contributed by atoms with Crippen molar-refractivity contribution in [2.24, 2.45) is 0 Å². The van der Waals surface area contributed by atoms with Crippen molar-refractivity contribution < 1.29 is 29.1 Å². The Morgan fingerprint density at radius 1 is 1.08 bits per heavy atom. The molecular formula is C17H22N2O7. The van der Waals surface area contributed by atoms with Crippen LogP contribution < -0.4 is 14.8 Å². The maximum atomic E-state index is 12.3. The van der Waals surface area contributed by atoms with Crippen LogP contribution in [0.4, 0.5) is 5.69 Å². The molecule has 26 heavy (non-hydrogen) atoms. The summed E-state index contributed by atoms with van der Waals surface area (Å²) in [6, 6.07) is 2.56. The fourth-order valence-corrected chi connectivity index (χ4v) is 2.64.